The van der Waals surface area contributed by atoms with Crippen LogP contribution < -0.4 is 4.74 Å². The fourth-order valence-electron chi connectivity index (χ4n) is 2.83. The minimum atomic E-state index is -0.0700. The van der Waals surface area contributed by atoms with E-state index in [2.05, 4.69) is 16.4 Å². The van der Waals surface area contributed by atoms with Gasteiger partial charge in [0.25, 0.3) is 0 Å². The van der Waals surface area contributed by atoms with Crippen molar-refractivity contribution in [3.8, 4) is 5.75 Å². The van der Waals surface area contributed by atoms with Crippen LogP contribution in [0.2, 0.25) is 0 Å². The van der Waals surface area contributed by atoms with Gasteiger partial charge in [-0.15, -0.1) is 0 Å². The van der Waals surface area contributed by atoms with Gasteiger partial charge in [-0.2, -0.15) is 0 Å². The summed E-state index contributed by atoms with van der Waals surface area (Å²) in [5.74, 6) is 0.913. The van der Waals surface area contributed by atoms with E-state index in [0.717, 1.165) is 18.8 Å². The Labute approximate surface area is 134 Å². The molecule has 0 saturated carbocycles. The van der Waals surface area contributed by atoms with Gasteiger partial charge < -0.3 is 14.7 Å². The maximum Gasteiger partial charge on any atom is 0.225 e. The van der Waals surface area contributed by atoms with Crippen molar-refractivity contribution in [1.82, 2.24) is 9.21 Å². The van der Waals surface area contributed by atoms with E-state index in [4.69, 9.17) is 9.84 Å². The fraction of sp³-hybridized carbons (Fsp3) is 0.438. The van der Waals surface area contributed by atoms with E-state index in [-0.39, 0.29) is 18.9 Å². The molecule has 0 aromatic heterocycles. The first-order chi connectivity index (χ1) is 10.7. The van der Waals surface area contributed by atoms with E-state index in [1.807, 2.05) is 17.0 Å². The SMILES string of the molecule is COc1ccc(SN2CC3=C(C2)CN(C(=O)CCO)C3)cc1. The van der Waals surface area contributed by atoms with Crippen LogP contribution >= 0.6 is 11.9 Å². The van der Waals surface area contributed by atoms with Crippen LogP contribution in [0.4, 0.5) is 0 Å². The van der Waals surface area contributed by atoms with E-state index < -0.39 is 0 Å². The highest BCUT2D eigenvalue weighted by atomic mass is 32.2. The number of benzene rings is 1. The smallest absolute Gasteiger partial charge is 0.225 e. The molecule has 0 atom stereocenters. The molecule has 6 heteroatoms. The average molecular weight is 320 g/mol. The number of ether oxygens (including phenoxy) is 1. The molecule has 2 aliphatic rings. The third-order valence-corrected chi connectivity index (χ3v) is 4.97. The second kappa shape index (κ2) is 6.73. The predicted molar refractivity (Wildman–Crippen MR) is 85.7 cm³/mol. The highest BCUT2D eigenvalue weighted by Crippen LogP contribution is 2.33. The normalized spacial score (nSPS) is 18.0. The Morgan fingerprint density at radius 1 is 1.18 bits per heavy atom. The predicted octanol–water partition coefficient (Wildman–Crippen LogP) is 1.54. The second-order valence-corrected chi connectivity index (χ2v) is 6.67. The highest BCUT2D eigenvalue weighted by Gasteiger charge is 2.32. The minimum absolute atomic E-state index is 0.0475. The second-order valence-electron chi connectivity index (χ2n) is 5.50. The number of hydrogen-bond acceptors (Lipinski definition) is 5. The number of aliphatic hydroxyl groups excluding tert-OH is 1. The number of hydrogen-bond donors (Lipinski definition) is 1. The van der Waals surface area contributed by atoms with Crippen LogP contribution in [0.1, 0.15) is 6.42 Å². The molecule has 22 heavy (non-hydrogen) atoms. The summed E-state index contributed by atoms with van der Waals surface area (Å²) in [6.07, 6.45) is 0.227. The molecular weight excluding hydrogens is 300 g/mol. The van der Waals surface area contributed by atoms with Crippen molar-refractivity contribution in [1.29, 1.82) is 0 Å². The molecule has 2 heterocycles. The van der Waals surface area contributed by atoms with Crippen LogP contribution in [0.15, 0.2) is 40.3 Å². The number of carbonyl (C=O) groups is 1. The van der Waals surface area contributed by atoms with Crippen LogP contribution in [-0.2, 0) is 4.79 Å². The van der Waals surface area contributed by atoms with Gasteiger partial charge >= 0.3 is 0 Å². The van der Waals surface area contributed by atoms with Gasteiger partial charge in [-0.25, -0.2) is 4.31 Å². The highest BCUT2D eigenvalue weighted by molar-refractivity contribution is 7.97. The number of methoxy groups -OCH3 is 1. The summed E-state index contributed by atoms with van der Waals surface area (Å²) in [6.45, 7) is 3.16. The summed E-state index contributed by atoms with van der Waals surface area (Å²) in [4.78, 5) is 14.9. The maximum atomic E-state index is 11.8. The minimum Gasteiger partial charge on any atom is -0.497 e. The first-order valence-electron chi connectivity index (χ1n) is 7.35. The molecule has 1 aromatic carbocycles. The maximum absolute atomic E-state index is 11.8. The lowest BCUT2D eigenvalue weighted by Gasteiger charge is -2.22. The Morgan fingerprint density at radius 2 is 1.82 bits per heavy atom. The van der Waals surface area contributed by atoms with E-state index in [9.17, 15) is 4.79 Å². The van der Waals surface area contributed by atoms with Gasteiger partial charge in [-0.05, 0) is 47.4 Å². The molecular formula is C16H20N2O3S. The van der Waals surface area contributed by atoms with Crippen molar-refractivity contribution >= 4 is 17.9 Å². The quantitative estimate of drug-likeness (QED) is 0.659. The molecule has 0 aliphatic carbocycles. The van der Waals surface area contributed by atoms with Crippen LogP contribution in [0.25, 0.3) is 0 Å². The Hall–Kier alpha value is -1.50. The third-order valence-electron chi connectivity index (χ3n) is 3.97. The number of carbonyl (C=O) groups excluding carboxylic acids is 1. The molecule has 5 nitrogen and oxygen atoms in total. The molecule has 0 spiro atoms. The number of amides is 1. The number of nitrogens with zero attached hydrogens (tertiary/aromatic N) is 2. The van der Waals surface area contributed by atoms with Crippen molar-refractivity contribution in [2.45, 2.75) is 11.3 Å². The van der Waals surface area contributed by atoms with Gasteiger partial charge in [0.05, 0.1) is 13.7 Å². The topological polar surface area (TPSA) is 53.0 Å². The molecule has 1 aromatic rings. The summed E-state index contributed by atoms with van der Waals surface area (Å²) >= 11 is 1.74. The van der Waals surface area contributed by atoms with Gasteiger partial charge in [-0.3, -0.25) is 4.79 Å². The van der Waals surface area contributed by atoms with Gasteiger partial charge in [0, 0.05) is 37.5 Å². The van der Waals surface area contributed by atoms with E-state index in [1.165, 1.54) is 16.0 Å². The third kappa shape index (κ3) is 3.29. The zero-order valence-electron chi connectivity index (χ0n) is 12.6. The summed E-state index contributed by atoms with van der Waals surface area (Å²) in [6, 6.07) is 8.05. The van der Waals surface area contributed by atoms with E-state index >= 15 is 0 Å². The monoisotopic (exact) mass is 320 g/mol. The van der Waals surface area contributed by atoms with E-state index in [0.29, 0.717) is 13.1 Å². The molecule has 0 unspecified atom stereocenters. The van der Waals surface area contributed by atoms with Crippen molar-refractivity contribution in [2.75, 3.05) is 39.9 Å². The molecule has 0 radical (unpaired) electrons. The fourth-order valence-corrected chi connectivity index (χ4v) is 3.82. The molecule has 2 aliphatic heterocycles. The largest absolute Gasteiger partial charge is 0.497 e. The van der Waals surface area contributed by atoms with Crippen LogP contribution in [0, 0.1) is 0 Å². The van der Waals surface area contributed by atoms with Crippen molar-refractivity contribution in [3.05, 3.63) is 35.4 Å². The summed E-state index contributed by atoms with van der Waals surface area (Å²) < 4.78 is 7.49. The first kappa shape index (κ1) is 15.4. The Kier molecular flexibility index (Phi) is 4.71. The van der Waals surface area contributed by atoms with Gasteiger partial charge in [0.2, 0.25) is 5.91 Å². The molecule has 0 saturated heterocycles. The van der Waals surface area contributed by atoms with Crippen LogP contribution in [0.3, 0.4) is 0 Å². The zero-order chi connectivity index (χ0) is 15.5. The van der Waals surface area contributed by atoms with Crippen molar-refractivity contribution in [3.63, 3.8) is 0 Å². The van der Waals surface area contributed by atoms with Gasteiger partial charge in [0.15, 0.2) is 0 Å². The lowest BCUT2D eigenvalue weighted by molar-refractivity contribution is -0.130. The standard InChI is InChI=1S/C16H20N2O3S/c1-21-14-2-4-15(5-3-14)22-18-10-12-8-17(9-13(12)11-18)16(20)6-7-19/h2-5,19H,6-11H2,1H3. The summed E-state index contributed by atoms with van der Waals surface area (Å²) in [5.41, 5.74) is 2.71. The van der Waals surface area contributed by atoms with Gasteiger partial charge in [0.1, 0.15) is 5.75 Å². The lowest BCUT2D eigenvalue weighted by Crippen LogP contribution is -2.32. The lowest BCUT2D eigenvalue weighted by atomic mass is 10.2. The molecule has 1 N–H and O–H groups in total. The van der Waals surface area contributed by atoms with Gasteiger partial charge in [-0.1, -0.05) is 0 Å². The molecule has 1 amide bonds. The molecule has 3 rings (SSSR count). The molecule has 0 bridgehead atoms. The van der Waals surface area contributed by atoms with Crippen molar-refractivity contribution < 1.29 is 14.6 Å². The zero-order valence-corrected chi connectivity index (χ0v) is 13.4. The van der Waals surface area contributed by atoms with E-state index in [1.54, 1.807) is 19.1 Å². The average Bonchev–Trinajstić information content (AvgIpc) is 3.06. The summed E-state index contributed by atoms with van der Waals surface area (Å²) in [5, 5.41) is 8.86. The Balaban J connectivity index is 1.52. The van der Waals surface area contributed by atoms with Crippen LogP contribution in [0.5, 0.6) is 5.75 Å². The Bertz CT molecular complexity index is 568. The number of rotatable bonds is 5. The summed E-state index contributed by atoms with van der Waals surface area (Å²) in [7, 11) is 1.67. The Morgan fingerprint density at radius 3 is 2.36 bits per heavy atom. The van der Waals surface area contributed by atoms with Crippen molar-refractivity contribution in [2.24, 2.45) is 0 Å². The molecule has 0 fully saturated rings. The first-order valence-corrected chi connectivity index (χ1v) is 8.12. The number of aliphatic hydroxyl groups is 1. The molecule has 118 valence electrons. The van der Waals surface area contributed by atoms with Crippen LogP contribution in [-0.4, -0.2) is 60.1 Å².